The molecule has 2 rings (SSSR count). The molecule has 106 valence electrons. The fraction of sp³-hybridized carbons (Fsp3) is 0.636. The van der Waals surface area contributed by atoms with Crippen LogP contribution in [0.1, 0.15) is 12.2 Å². The molecule has 1 fully saturated rings. The van der Waals surface area contributed by atoms with E-state index in [0.717, 1.165) is 0 Å². The summed E-state index contributed by atoms with van der Waals surface area (Å²) in [6, 6.07) is -0.195. The van der Waals surface area contributed by atoms with E-state index in [2.05, 4.69) is 21.1 Å². The van der Waals surface area contributed by atoms with Crippen molar-refractivity contribution in [3.05, 3.63) is 10.2 Å². The fourth-order valence-electron chi connectivity index (χ4n) is 2.12. The van der Waals surface area contributed by atoms with Crippen LogP contribution in [0.15, 0.2) is 9.00 Å². The number of likely N-dealkylation sites (tertiary alicyclic amines) is 1. The summed E-state index contributed by atoms with van der Waals surface area (Å²) in [5.41, 5.74) is 0. The minimum absolute atomic E-state index is 0.195. The van der Waals surface area contributed by atoms with E-state index in [1.54, 1.807) is 14.0 Å². The Morgan fingerprint density at radius 3 is 2.95 bits per heavy atom. The van der Waals surface area contributed by atoms with Crippen molar-refractivity contribution in [3.63, 3.8) is 0 Å². The first-order chi connectivity index (χ1) is 9.02. The van der Waals surface area contributed by atoms with Crippen molar-refractivity contribution in [3.8, 4) is 5.88 Å². The van der Waals surface area contributed by atoms with Gasteiger partial charge < -0.3 is 19.1 Å². The number of carboxylic acid groups (broad SMARTS) is 1. The summed E-state index contributed by atoms with van der Waals surface area (Å²) in [4.78, 5) is 12.5. The Hall–Kier alpha value is -1.28. The third kappa shape index (κ3) is 3.01. The first-order valence-corrected chi connectivity index (χ1v) is 6.59. The third-order valence-corrected chi connectivity index (χ3v) is 3.92. The Morgan fingerprint density at radius 2 is 2.42 bits per heavy atom. The van der Waals surface area contributed by atoms with Gasteiger partial charge in [0.05, 0.1) is 19.2 Å². The van der Waals surface area contributed by atoms with E-state index in [1.807, 2.05) is 0 Å². The van der Waals surface area contributed by atoms with Crippen molar-refractivity contribution in [2.75, 3.05) is 20.3 Å². The second-order valence-corrected chi connectivity index (χ2v) is 5.17. The summed E-state index contributed by atoms with van der Waals surface area (Å²) in [5.74, 6) is 0.974. The van der Waals surface area contributed by atoms with Gasteiger partial charge in [0.1, 0.15) is 10.6 Å². The van der Waals surface area contributed by atoms with Gasteiger partial charge >= 0.3 is 6.09 Å². The molecule has 8 heteroatoms. The molecule has 0 spiro atoms. The molecule has 1 aliphatic rings. The summed E-state index contributed by atoms with van der Waals surface area (Å²) in [6.07, 6.45) is -0.654. The number of amides is 1. The molecule has 1 saturated heterocycles. The number of halogens is 1. The predicted molar refractivity (Wildman–Crippen MR) is 68.4 cm³/mol. The van der Waals surface area contributed by atoms with Gasteiger partial charge in [0.2, 0.25) is 0 Å². The van der Waals surface area contributed by atoms with E-state index < -0.39 is 6.09 Å². The molecule has 0 unspecified atom stereocenters. The Bertz CT molecular complexity index is 464. The highest BCUT2D eigenvalue weighted by Crippen LogP contribution is 2.30. The molecule has 7 nitrogen and oxygen atoms in total. The molecule has 1 N–H and O–H groups in total. The van der Waals surface area contributed by atoms with Crippen LogP contribution in [0.3, 0.4) is 0 Å². The normalized spacial score (nSPS) is 22.8. The molecule has 19 heavy (non-hydrogen) atoms. The number of ether oxygens (including phenoxy) is 2. The summed E-state index contributed by atoms with van der Waals surface area (Å²) in [5, 5.41) is 12.9. The first kappa shape index (κ1) is 14.1. The Balaban J connectivity index is 2.03. The topological polar surface area (TPSA) is 85.0 Å². The van der Waals surface area contributed by atoms with Crippen molar-refractivity contribution < 1.29 is 23.9 Å². The third-order valence-electron chi connectivity index (χ3n) is 3.02. The molecule has 0 aromatic carbocycles. The zero-order valence-corrected chi connectivity index (χ0v) is 12.2. The molecule has 0 radical (unpaired) electrons. The van der Waals surface area contributed by atoms with Gasteiger partial charge in [0.25, 0.3) is 5.88 Å². The van der Waals surface area contributed by atoms with Crippen LogP contribution >= 0.6 is 15.9 Å². The van der Waals surface area contributed by atoms with Crippen LogP contribution in [-0.2, 0) is 4.74 Å². The van der Waals surface area contributed by atoms with Crippen LogP contribution in [0.5, 0.6) is 5.88 Å². The summed E-state index contributed by atoms with van der Waals surface area (Å²) < 4.78 is 16.3. The molecule has 0 bridgehead atoms. The monoisotopic (exact) mass is 334 g/mol. The SMILES string of the molecule is COC[C@@H]1C[C@H](Oc2noc(C)c2Br)CN1C(=O)O. The van der Waals surface area contributed by atoms with E-state index in [0.29, 0.717) is 35.7 Å². The maximum Gasteiger partial charge on any atom is 0.407 e. The highest BCUT2D eigenvalue weighted by Gasteiger charge is 2.37. The van der Waals surface area contributed by atoms with E-state index in [1.165, 1.54) is 4.90 Å². The molecule has 1 amide bonds. The van der Waals surface area contributed by atoms with Gasteiger partial charge in [-0.2, -0.15) is 0 Å². The maximum absolute atomic E-state index is 11.1. The zero-order chi connectivity index (χ0) is 14.0. The lowest BCUT2D eigenvalue weighted by atomic mass is 10.2. The average molecular weight is 335 g/mol. The fourth-order valence-corrected chi connectivity index (χ4v) is 2.35. The van der Waals surface area contributed by atoms with Crippen molar-refractivity contribution in [1.29, 1.82) is 0 Å². The molecule has 2 atom stereocenters. The minimum Gasteiger partial charge on any atom is -0.469 e. The van der Waals surface area contributed by atoms with Crippen molar-refractivity contribution >= 4 is 22.0 Å². The van der Waals surface area contributed by atoms with Gasteiger partial charge in [-0.15, -0.1) is 0 Å². The smallest absolute Gasteiger partial charge is 0.407 e. The second-order valence-electron chi connectivity index (χ2n) is 4.38. The number of rotatable bonds is 4. The largest absolute Gasteiger partial charge is 0.469 e. The van der Waals surface area contributed by atoms with E-state index in [-0.39, 0.29) is 12.1 Å². The lowest BCUT2D eigenvalue weighted by Crippen LogP contribution is -2.37. The van der Waals surface area contributed by atoms with Gasteiger partial charge in [-0.1, -0.05) is 0 Å². The Morgan fingerprint density at radius 1 is 1.68 bits per heavy atom. The molecule has 1 aromatic rings. The molecule has 1 aliphatic heterocycles. The van der Waals surface area contributed by atoms with Crippen molar-refractivity contribution in [2.24, 2.45) is 0 Å². The van der Waals surface area contributed by atoms with Crippen LogP contribution in [0, 0.1) is 6.92 Å². The average Bonchev–Trinajstić information content (AvgIpc) is 2.89. The summed E-state index contributed by atoms with van der Waals surface area (Å²) >= 11 is 3.31. The summed E-state index contributed by atoms with van der Waals surface area (Å²) in [7, 11) is 1.55. The zero-order valence-electron chi connectivity index (χ0n) is 10.6. The standard InChI is InChI=1S/C11H15BrN2O5/c1-6-9(12)10(13-19-6)18-8-3-7(5-17-2)14(4-8)11(15)16/h7-8H,3-5H2,1-2H3,(H,15,16)/t7-,8-/m0/s1. The van der Waals surface area contributed by atoms with Gasteiger partial charge in [-0.25, -0.2) is 4.79 Å². The van der Waals surface area contributed by atoms with E-state index in [4.69, 9.17) is 19.1 Å². The number of hydrogen-bond donors (Lipinski definition) is 1. The van der Waals surface area contributed by atoms with Gasteiger partial charge in [0, 0.05) is 13.5 Å². The number of aromatic nitrogens is 1. The Labute approximate surface area is 118 Å². The van der Waals surface area contributed by atoms with E-state index in [9.17, 15) is 4.79 Å². The molecule has 0 saturated carbocycles. The van der Waals surface area contributed by atoms with Crippen LogP contribution in [-0.4, -0.2) is 53.7 Å². The lowest BCUT2D eigenvalue weighted by Gasteiger charge is -2.19. The predicted octanol–water partition coefficient (Wildman–Crippen LogP) is 1.89. The van der Waals surface area contributed by atoms with Crippen molar-refractivity contribution in [2.45, 2.75) is 25.5 Å². The van der Waals surface area contributed by atoms with Crippen LogP contribution < -0.4 is 4.74 Å². The number of carbonyl (C=O) groups is 1. The maximum atomic E-state index is 11.1. The highest BCUT2D eigenvalue weighted by atomic mass is 79.9. The number of methoxy groups -OCH3 is 1. The first-order valence-electron chi connectivity index (χ1n) is 5.79. The second kappa shape index (κ2) is 5.79. The van der Waals surface area contributed by atoms with Gasteiger partial charge in [-0.05, 0) is 28.0 Å². The van der Waals surface area contributed by atoms with E-state index >= 15 is 0 Å². The van der Waals surface area contributed by atoms with Gasteiger partial charge in [-0.3, -0.25) is 4.90 Å². The van der Waals surface area contributed by atoms with Gasteiger partial charge in [0.15, 0.2) is 5.76 Å². The number of aryl methyl sites for hydroxylation is 1. The quantitative estimate of drug-likeness (QED) is 0.904. The molecule has 0 aliphatic carbocycles. The Kier molecular flexibility index (Phi) is 4.31. The van der Waals surface area contributed by atoms with Crippen LogP contribution in [0.2, 0.25) is 0 Å². The van der Waals surface area contributed by atoms with Crippen molar-refractivity contribution in [1.82, 2.24) is 10.1 Å². The molecule has 1 aromatic heterocycles. The van der Waals surface area contributed by atoms with Crippen LogP contribution in [0.25, 0.3) is 0 Å². The minimum atomic E-state index is -0.969. The van der Waals surface area contributed by atoms with Crippen LogP contribution in [0.4, 0.5) is 4.79 Å². The molecular formula is C11H15BrN2O5. The summed E-state index contributed by atoms with van der Waals surface area (Å²) in [6.45, 7) is 2.41. The lowest BCUT2D eigenvalue weighted by molar-refractivity contribution is 0.0986. The molecule has 2 heterocycles. The molecular weight excluding hydrogens is 320 g/mol. The number of hydrogen-bond acceptors (Lipinski definition) is 5. The highest BCUT2D eigenvalue weighted by molar-refractivity contribution is 9.10. The number of nitrogens with zero attached hydrogens (tertiary/aromatic N) is 2.